The number of urea groups is 2. The molecule has 0 aromatic carbocycles. The molecule has 6 heteroatoms. The smallest absolute Gasteiger partial charge is 0.336 e. The molecule has 0 aliphatic heterocycles. The molecule has 0 rings (SSSR count). The van der Waals surface area contributed by atoms with Gasteiger partial charge < -0.3 is 10.6 Å². The molecule has 0 radical (unpaired) electrons. The molecule has 0 spiro atoms. The largest absolute Gasteiger partial charge is 0.337 e. The summed E-state index contributed by atoms with van der Waals surface area (Å²) in [4.78, 5) is 23.4. The van der Waals surface area contributed by atoms with Crippen molar-refractivity contribution in [3.63, 3.8) is 0 Å². The summed E-state index contributed by atoms with van der Waals surface area (Å²) < 4.78 is 0. The Bertz CT molecular complexity index is 209. The summed E-state index contributed by atoms with van der Waals surface area (Å²) in [7, 11) is 0. The lowest BCUT2D eigenvalue weighted by atomic mass is 10.6. The zero-order valence-corrected chi connectivity index (χ0v) is 10.5. The van der Waals surface area contributed by atoms with Gasteiger partial charge in [-0.1, -0.05) is 0 Å². The summed E-state index contributed by atoms with van der Waals surface area (Å²) in [6, 6.07) is -0.504. The summed E-state index contributed by atoms with van der Waals surface area (Å²) in [5.74, 6) is 0. The van der Waals surface area contributed by atoms with Crippen molar-refractivity contribution >= 4 is 12.1 Å². The Kier molecular flexibility index (Phi) is 7.07. The van der Waals surface area contributed by atoms with Crippen LogP contribution < -0.4 is 10.6 Å². The van der Waals surface area contributed by atoms with Crippen LogP contribution in [0.4, 0.5) is 9.59 Å². The van der Waals surface area contributed by atoms with Crippen LogP contribution in [0.5, 0.6) is 0 Å². The van der Waals surface area contributed by atoms with E-state index in [1.165, 1.54) is 10.0 Å². The monoisotopic (exact) mass is 230 g/mol. The molecule has 6 nitrogen and oxygen atoms in total. The number of carbonyl (C=O) groups is 2. The van der Waals surface area contributed by atoms with Gasteiger partial charge in [-0.2, -0.15) is 0 Å². The molecule has 0 fully saturated rings. The van der Waals surface area contributed by atoms with Crippen LogP contribution >= 0.6 is 0 Å². The highest BCUT2D eigenvalue weighted by Gasteiger charge is 2.22. The number of nitrogens with one attached hydrogen (secondary N) is 2. The second-order valence-corrected chi connectivity index (χ2v) is 3.10. The third kappa shape index (κ3) is 3.96. The van der Waals surface area contributed by atoms with Gasteiger partial charge in [0, 0.05) is 26.2 Å². The van der Waals surface area contributed by atoms with Gasteiger partial charge in [0.25, 0.3) is 0 Å². The number of carbonyl (C=O) groups excluding carboxylic acids is 2. The van der Waals surface area contributed by atoms with Crippen LogP contribution in [-0.2, 0) is 0 Å². The van der Waals surface area contributed by atoms with Crippen molar-refractivity contribution in [1.29, 1.82) is 0 Å². The topological polar surface area (TPSA) is 64.7 Å². The Morgan fingerprint density at radius 3 is 1.31 bits per heavy atom. The third-order valence-corrected chi connectivity index (χ3v) is 2.02. The first-order valence-corrected chi connectivity index (χ1v) is 5.72. The van der Waals surface area contributed by atoms with Crippen molar-refractivity contribution in [2.45, 2.75) is 27.7 Å². The van der Waals surface area contributed by atoms with Gasteiger partial charge in [0.05, 0.1) is 0 Å². The fraction of sp³-hybridized carbons (Fsp3) is 0.800. The lowest BCUT2D eigenvalue weighted by Crippen LogP contribution is -2.55. The van der Waals surface area contributed by atoms with Crippen LogP contribution in [0.25, 0.3) is 0 Å². The number of hydrazine groups is 1. The molecule has 0 aliphatic carbocycles. The molecule has 0 heterocycles. The van der Waals surface area contributed by atoms with Crippen molar-refractivity contribution in [2.75, 3.05) is 26.2 Å². The minimum absolute atomic E-state index is 0.252. The molecular formula is C10H22N4O2. The van der Waals surface area contributed by atoms with Crippen LogP contribution in [0.3, 0.4) is 0 Å². The van der Waals surface area contributed by atoms with E-state index < -0.39 is 0 Å². The highest BCUT2D eigenvalue weighted by Crippen LogP contribution is 1.99. The summed E-state index contributed by atoms with van der Waals surface area (Å²) in [5, 5.41) is 8.14. The molecule has 0 atom stereocenters. The molecule has 0 bridgehead atoms. The second-order valence-electron chi connectivity index (χ2n) is 3.10. The zero-order chi connectivity index (χ0) is 12.6. The average Bonchev–Trinajstić information content (AvgIpc) is 2.25. The molecule has 0 aromatic heterocycles. The maximum absolute atomic E-state index is 11.7. The summed E-state index contributed by atoms with van der Waals surface area (Å²) in [6.07, 6.45) is 0. The predicted molar refractivity (Wildman–Crippen MR) is 62.9 cm³/mol. The van der Waals surface area contributed by atoms with Gasteiger partial charge in [0.1, 0.15) is 0 Å². The van der Waals surface area contributed by atoms with Crippen molar-refractivity contribution in [1.82, 2.24) is 20.7 Å². The van der Waals surface area contributed by atoms with Crippen molar-refractivity contribution < 1.29 is 9.59 Å². The lowest BCUT2D eigenvalue weighted by molar-refractivity contribution is 0.0545. The number of nitrogens with zero attached hydrogens (tertiary/aromatic N) is 2. The Morgan fingerprint density at radius 2 is 1.12 bits per heavy atom. The number of hydrogen-bond donors (Lipinski definition) is 2. The van der Waals surface area contributed by atoms with E-state index >= 15 is 0 Å². The molecule has 0 saturated heterocycles. The fourth-order valence-corrected chi connectivity index (χ4v) is 1.33. The standard InChI is InChI=1S/C10H22N4O2/c1-5-11-9(15)13(7-3)14(8-4)10(16)12-6-2/h5-8H2,1-4H3,(H,11,15)(H,12,16). The van der Waals surface area contributed by atoms with E-state index in [0.717, 1.165) is 0 Å². The van der Waals surface area contributed by atoms with Gasteiger partial charge in [-0.25, -0.2) is 19.6 Å². The summed E-state index contributed by atoms with van der Waals surface area (Å²) in [5.41, 5.74) is 0. The minimum Gasteiger partial charge on any atom is -0.337 e. The maximum atomic E-state index is 11.7. The molecule has 94 valence electrons. The summed E-state index contributed by atoms with van der Waals surface area (Å²) >= 11 is 0. The number of amides is 4. The third-order valence-electron chi connectivity index (χ3n) is 2.02. The summed E-state index contributed by atoms with van der Waals surface area (Å²) in [6.45, 7) is 9.34. The van der Waals surface area contributed by atoms with Crippen molar-refractivity contribution in [2.24, 2.45) is 0 Å². The van der Waals surface area contributed by atoms with Crippen molar-refractivity contribution in [3.8, 4) is 0 Å². The second kappa shape index (κ2) is 7.78. The highest BCUT2D eigenvalue weighted by molar-refractivity contribution is 5.80. The minimum atomic E-state index is -0.252. The SMILES string of the molecule is CCNC(=O)N(CC)N(CC)C(=O)NCC. The van der Waals surface area contributed by atoms with E-state index in [1.54, 1.807) is 0 Å². The molecule has 0 aromatic rings. The van der Waals surface area contributed by atoms with Gasteiger partial charge in [0.2, 0.25) is 0 Å². The predicted octanol–water partition coefficient (Wildman–Crippen LogP) is 1.00. The molecule has 0 unspecified atom stereocenters. The van der Waals surface area contributed by atoms with Gasteiger partial charge >= 0.3 is 12.1 Å². The molecule has 16 heavy (non-hydrogen) atoms. The first kappa shape index (κ1) is 14.5. The number of rotatable bonds is 4. The van der Waals surface area contributed by atoms with E-state index in [1.807, 2.05) is 27.7 Å². The van der Waals surface area contributed by atoms with E-state index in [9.17, 15) is 9.59 Å². The van der Waals surface area contributed by atoms with Gasteiger partial charge in [-0.3, -0.25) is 0 Å². The van der Waals surface area contributed by atoms with Crippen LogP contribution in [0.15, 0.2) is 0 Å². The van der Waals surface area contributed by atoms with E-state index in [4.69, 9.17) is 0 Å². The van der Waals surface area contributed by atoms with Crippen LogP contribution in [-0.4, -0.2) is 48.3 Å². The molecule has 0 aliphatic rings. The highest BCUT2D eigenvalue weighted by atomic mass is 16.2. The van der Waals surface area contributed by atoms with Crippen molar-refractivity contribution in [3.05, 3.63) is 0 Å². The zero-order valence-electron chi connectivity index (χ0n) is 10.5. The van der Waals surface area contributed by atoms with Gasteiger partial charge in [-0.05, 0) is 27.7 Å². The molecular weight excluding hydrogens is 208 g/mol. The molecule has 0 saturated carbocycles. The van der Waals surface area contributed by atoms with Crippen LogP contribution in [0, 0.1) is 0 Å². The Balaban J connectivity index is 4.61. The Morgan fingerprint density at radius 1 is 0.812 bits per heavy atom. The van der Waals surface area contributed by atoms with Crippen LogP contribution in [0.2, 0.25) is 0 Å². The first-order chi connectivity index (χ1) is 7.62. The normalized spacial score (nSPS) is 9.50. The van der Waals surface area contributed by atoms with Gasteiger partial charge in [0.15, 0.2) is 0 Å². The van der Waals surface area contributed by atoms with E-state index in [-0.39, 0.29) is 12.1 Å². The van der Waals surface area contributed by atoms with Crippen LogP contribution in [0.1, 0.15) is 27.7 Å². The Hall–Kier alpha value is -1.46. The van der Waals surface area contributed by atoms with Gasteiger partial charge in [-0.15, -0.1) is 0 Å². The quantitative estimate of drug-likeness (QED) is 0.708. The Labute approximate surface area is 96.9 Å². The van der Waals surface area contributed by atoms with E-state index in [2.05, 4.69) is 10.6 Å². The number of hydrogen-bond acceptors (Lipinski definition) is 2. The molecule has 2 N–H and O–H groups in total. The fourth-order valence-electron chi connectivity index (χ4n) is 1.33. The lowest BCUT2D eigenvalue weighted by Gasteiger charge is -2.32. The first-order valence-electron chi connectivity index (χ1n) is 5.72. The van der Waals surface area contributed by atoms with E-state index in [0.29, 0.717) is 26.2 Å². The maximum Gasteiger partial charge on any atom is 0.336 e. The molecule has 4 amide bonds. The average molecular weight is 230 g/mol.